The van der Waals surface area contributed by atoms with Crippen molar-refractivity contribution in [1.29, 1.82) is 0 Å². The van der Waals surface area contributed by atoms with Crippen molar-refractivity contribution in [3.8, 4) is 0 Å². The molecule has 0 spiro atoms. The van der Waals surface area contributed by atoms with Crippen LogP contribution in [0.3, 0.4) is 0 Å². The van der Waals surface area contributed by atoms with Gasteiger partial charge in [0.2, 0.25) is 5.91 Å². The van der Waals surface area contributed by atoms with Crippen LogP contribution in [0.2, 0.25) is 0 Å². The summed E-state index contributed by atoms with van der Waals surface area (Å²) in [4.78, 5) is 32.2. The minimum atomic E-state index is -0.00892. The standard InChI is InChI=1S/C23H28N4O2S/c28-22(19-14-18-15-25-20-7-2-8-21(30-19)27(18)20)24-11-3-4-16-9-12-26(13-10-16)23(29)17-5-1-6-17/h2,7-8,14-17H,1,3-6,9-13H2,(H,24,28). The van der Waals surface area contributed by atoms with Crippen LogP contribution in [0.1, 0.15) is 50.6 Å². The molecule has 2 aliphatic heterocycles. The molecule has 1 N–H and O–H groups in total. The van der Waals surface area contributed by atoms with Gasteiger partial charge in [-0.2, -0.15) is 0 Å². The SMILES string of the molecule is O=C(NCCCC1CCN(C(=O)C2CCC2)CC1)C1=Cc2cnc3cccc(n23)S1. The van der Waals surface area contributed by atoms with Crippen molar-refractivity contribution in [3.63, 3.8) is 0 Å². The molecule has 0 bridgehead atoms. The molecule has 2 amide bonds. The van der Waals surface area contributed by atoms with Gasteiger partial charge in [0.05, 0.1) is 21.8 Å². The zero-order valence-corrected chi connectivity index (χ0v) is 18.0. The number of carbonyl (C=O) groups excluding carboxylic acids is 2. The Labute approximate surface area is 181 Å². The molecule has 0 atom stereocenters. The molecule has 1 aliphatic carbocycles. The topological polar surface area (TPSA) is 66.7 Å². The molecule has 7 heteroatoms. The van der Waals surface area contributed by atoms with Crippen LogP contribution in [-0.2, 0) is 9.59 Å². The average Bonchev–Trinajstić information content (AvgIpc) is 3.15. The highest BCUT2D eigenvalue weighted by molar-refractivity contribution is 8.04. The van der Waals surface area contributed by atoms with Crippen molar-refractivity contribution in [3.05, 3.63) is 35.0 Å². The normalized spacial score (nSPS) is 19.5. The Kier molecular flexibility index (Phi) is 5.54. The van der Waals surface area contributed by atoms with E-state index in [1.54, 1.807) is 0 Å². The van der Waals surface area contributed by atoms with E-state index in [0.29, 0.717) is 24.3 Å². The maximum Gasteiger partial charge on any atom is 0.258 e. The second-order valence-electron chi connectivity index (χ2n) is 8.65. The molecule has 2 aromatic rings. The highest BCUT2D eigenvalue weighted by Crippen LogP contribution is 2.34. The van der Waals surface area contributed by atoms with Gasteiger partial charge in [0.15, 0.2) is 0 Å². The van der Waals surface area contributed by atoms with Crippen molar-refractivity contribution in [2.45, 2.75) is 50.0 Å². The second kappa shape index (κ2) is 8.46. The summed E-state index contributed by atoms with van der Waals surface area (Å²) in [6.45, 7) is 2.52. The molecule has 158 valence electrons. The number of hydrogen-bond acceptors (Lipinski definition) is 4. The first-order valence-corrected chi connectivity index (χ1v) is 11.9. The number of hydrogen-bond donors (Lipinski definition) is 1. The van der Waals surface area contributed by atoms with E-state index in [2.05, 4.69) is 19.6 Å². The number of nitrogens with one attached hydrogen (secondary N) is 1. The van der Waals surface area contributed by atoms with Crippen molar-refractivity contribution in [1.82, 2.24) is 19.6 Å². The van der Waals surface area contributed by atoms with Gasteiger partial charge >= 0.3 is 0 Å². The summed E-state index contributed by atoms with van der Waals surface area (Å²) in [5.41, 5.74) is 1.86. The zero-order valence-electron chi connectivity index (χ0n) is 17.2. The van der Waals surface area contributed by atoms with Crippen molar-refractivity contribution >= 4 is 35.3 Å². The van der Waals surface area contributed by atoms with E-state index in [1.807, 2.05) is 30.5 Å². The summed E-state index contributed by atoms with van der Waals surface area (Å²) in [7, 11) is 0. The molecular formula is C23H28N4O2S. The third-order valence-electron chi connectivity index (χ3n) is 6.69. The number of pyridine rings is 1. The lowest BCUT2D eigenvalue weighted by molar-refractivity contribution is -0.139. The Morgan fingerprint density at radius 3 is 2.77 bits per heavy atom. The number of imidazole rings is 1. The molecule has 0 aromatic carbocycles. The lowest BCUT2D eigenvalue weighted by Crippen LogP contribution is -2.43. The van der Waals surface area contributed by atoms with Crippen LogP contribution < -0.4 is 5.32 Å². The molecule has 6 nitrogen and oxygen atoms in total. The van der Waals surface area contributed by atoms with Gasteiger partial charge in [-0.05, 0) is 62.7 Å². The van der Waals surface area contributed by atoms with Gasteiger partial charge in [0, 0.05) is 25.6 Å². The van der Waals surface area contributed by atoms with Gasteiger partial charge in [-0.15, -0.1) is 0 Å². The molecule has 1 saturated heterocycles. The fourth-order valence-corrected chi connectivity index (χ4v) is 5.64. The number of piperidine rings is 1. The van der Waals surface area contributed by atoms with Gasteiger partial charge in [0.1, 0.15) is 5.65 Å². The summed E-state index contributed by atoms with van der Waals surface area (Å²) in [6, 6.07) is 5.96. The van der Waals surface area contributed by atoms with E-state index in [-0.39, 0.29) is 5.91 Å². The minimum absolute atomic E-state index is 0.00892. The highest BCUT2D eigenvalue weighted by Gasteiger charge is 2.31. The summed E-state index contributed by atoms with van der Waals surface area (Å²) in [6.07, 6.45) is 11.4. The predicted molar refractivity (Wildman–Crippen MR) is 118 cm³/mol. The van der Waals surface area contributed by atoms with Crippen LogP contribution in [0.15, 0.2) is 34.3 Å². The molecule has 30 heavy (non-hydrogen) atoms. The molecule has 1 saturated carbocycles. The van der Waals surface area contributed by atoms with Crippen molar-refractivity contribution in [2.75, 3.05) is 19.6 Å². The molecule has 0 radical (unpaired) electrons. The Balaban J connectivity index is 1.05. The summed E-state index contributed by atoms with van der Waals surface area (Å²) in [5.74, 6) is 1.37. The van der Waals surface area contributed by atoms with E-state index < -0.39 is 0 Å². The fourth-order valence-electron chi connectivity index (χ4n) is 4.63. The van der Waals surface area contributed by atoms with Crippen LogP contribution in [-0.4, -0.2) is 45.7 Å². The number of amides is 2. The number of likely N-dealkylation sites (tertiary alicyclic amines) is 1. The van der Waals surface area contributed by atoms with Crippen LogP contribution in [0.4, 0.5) is 0 Å². The molecule has 5 rings (SSSR count). The Hall–Kier alpha value is -2.28. The van der Waals surface area contributed by atoms with Crippen LogP contribution in [0.5, 0.6) is 0 Å². The van der Waals surface area contributed by atoms with Crippen LogP contribution in [0, 0.1) is 11.8 Å². The monoisotopic (exact) mass is 424 g/mol. The molecular weight excluding hydrogens is 396 g/mol. The first kappa shape index (κ1) is 19.7. The molecule has 2 aromatic heterocycles. The lowest BCUT2D eigenvalue weighted by Gasteiger charge is -2.36. The molecule has 2 fully saturated rings. The zero-order chi connectivity index (χ0) is 20.5. The quantitative estimate of drug-likeness (QED) is 0.718. The van der Waals surface area contributed by atoms with E-state index in [4.69, 9.17) is 0 Å². The Morgan fingerprint density at radius 1 is 1.17 bits per heavy atom. The summed E-state index contributed by atoms with van der Waals surface area (Å²) >= 11 is 1.49. The largest absolute Gasteiger partial charge is 0.352 e. The third kappa shape index (κ3) is 3.87. The maximum atomic E-state index is 12.6. The van der Waals surface area contributed by atoms with Gasteiger partial charge in [-0.25, -0.2) is 4.98 Å². The van der Waals surface area contributed by atoms with Gasteiger partial charge < -0.3 is 10.2 Å². The summed E-state index contributed by atoms with van der Waals surface area (Å²) < 4.78 is 2.07. The van der Waals surface area contributed by atoms with Gasteiger partial charge in [0.25, 0.3) is 5.91 Å². The lowest BCUT2D eigenvalue weighted by atomic mass is 9.83. The Morgan fingerprint density at radius 2 is 2.00 bits per heavy atom. The minimum Gasteiger partial charge on any atom is -0.352 e. The first-order chi connectivity index (χ1) is 14.7. The van der Waals surface area contributed by atoms with Gasteiger partial charge in [-0.3, -0.25) is 14.0 Å². The molecule has 0 unspecified atom stereocenters. The number of aromatic nitrogens is 2. The molecule has 3 aliphatic rings. The Bertz CT molecular complexity index is 986. The van der Waals surface area contributed by atoms with E-state index >= 15 is 0 Å². The van der Waals surface area contributed by atoms with Crippen molar-refractivity contribution in [2.24, 2.45) is 11.8 Å². The smallest absolute Gasteiger partial charge is 0.258 e. The highest BCUT2D eigenvalue weighted by atomic mass is 32.2. The van der Waals surface area contributed by atoms with E-state index in [0.717, 1.165) is 72.9 Å². The average molecular weight is 425 g/mol. The van der Waals surface area contributed by atoms with E-state index in [1.165, 1.54) is 18.2 Å². The summed E-state index contributed by atoms with van der Waals surface area (Å²) in [5, 5.41) is 4.11. The number of rotatable bonds is 6. The maximum absolute atomic E-state index is 12.6. The molecule has 4 heterocycles. The number of thioether (sulfide) groups is 1. The number of carbonyl (C=O) groups is 2. The van der Waals surface area contributed by atoms with E-state index in [9.17, 15) is 9.59 Å². The second-order valence-corrected chi connectivity index (χ2v) is 9.71. The van der Waals surface area contributed by atoms with Crippen LogP contribution in [0.25, 0.3) is 11.7 Å². The van der Waals surface area contributed by atoms with Crippen molar-refractivity contribution < 1.29 is 9.59 Å². The third-order valence-corrected chi connectivity index (χ3v) is 7.74. The predicted octanol–water partition coefficient (Wildman–Crippen LogP) is 3.72. The first-order valence-electron chi connectivity index (χ1n) is 11.1. The van der Waals surface area contributed by atoms with Gasteiger partial charge in [-0.1, -0.05) is 24.2 Å². The fraction of sp³-hybridized carbons (Fsp3) is 0.522. The number of nitrogens with zero attached hydrogens (tertiary/aromatic N) is 3. The van der Waals surface area contributed by atoms with Crippen LogP contribution >= 0.6 is 11.8 Å².